The zero-order valence-electron chi connectivity index (χ0n) is 9.33. The molecule has 0 heterocycles. The van der Waals surface area contributed by atoms with Crippen molar-refractivity contribution in [1.29, 1.82) is 0 Å². The van der Waals surface area contributed by atoms with Crippen LogP contribution in [0, 0.1) is 5.82 Å². The molecular formula is C11H13FN2O3. The van der Waals surface area contributed by atoms with Gasteiger partial charge in [0.2, 0.25) is 0 Å². The second-order valence-corrected chi connectivity index (χ2v) is 3.12. The van der Waals surface area contributed by atoms with E-state index in [2.05, 4.69) is 10.9 Å². The fourth-order valence-corrected chi connectivity index (χ4v) is 1.07. The molecule has 0 aromatic heterocycles. The van der Waals surface area contributed by atoms with E-state index < -0.39 is 17.6 Å². The normalized spacial score (nSPS) is 9.76. The number of halogens is 1. The molecule has 92 valence electrons. The minimum Gasteiger partial charge on any atom is -0.372 e. The number of benzene rings is 1. The predicted molar refractivity (Wildman–Crippen MR) is 58.5 cm³/mol. The van der Waals surface area contributed by atoms with E-state index in [4.69, 9.17) is 4.74 Å². The Morgan fingerprint density at radius 2 is 2.00 bits per heavy atom. The van der Waals surface area contributed by atoms with Crippen molar-refractivity contribution >= 4 is 11.8 Å². The molecule has 0 saturated heterocycles. The van der Waals surface area contributed by atoms with Crippen LogP contribution < -0.4 is 10.9 Å². The van der Waals surface area contributed by atoms with Gasteiger partial charge in [0.25, 0.3) is 11.8 Å². The summed E-state index contributed by atoms with van der Waals surface area (Å²) in [6.07, 6.45) is 0. The summed E-state index contributed by atoms with van der Waals surface area (Å²) in [7, 11) is 0. The molecule has 0 atom stereocenters. The van der Waals surface area contributed by atoms with Crippen LogP contribution in [0.4, 0.5) is 4.39 Å². The monoisotopic (exact) mass is 240 g/mol. The lowest BCUT2D eigenvalue weighted by Gasteiger charge is -2.07. The Hall–Kier alpha value is -1.95. The minimum atomic E-state index is -0.715. The van der Waals surface area contributed by atoms with Crippen molar-refractivity contribution in [2.75, 3.05) is 13.2 Å². The molecule has 0 radical (unpaired) electrons. The SMILES string of the molecule is CCOCC(=O)NNC(=O)c1ccccc1F. The predicted octanol–water partition coefficient (Wildman–Crippen LogP) is 0.623. The first-order chi connectivity index (χ1) is 8.15. The van der Waals surface area contributed by atoms with Crippen molar-refractivity contribution in [1.82, 2.24) is 10.9 Å². The molecule has 1 aromatic rings. The maximum absolute atomic E-state index is 13.2. The molecule has 2 N–H and O–H groups in total. The standard InChI is InChI=1S/C11H13FN2O3/c1-2-17-7-10(15)13-14-11(16)8-5-3-4-6-9(8)12/h3-6H,2,7H2,1H3,(H,13,15)(H,14,16). The van der Waals surface area contributed by atoms with Crippen molar-refractivity contribution in [3.8, 4) is 0 Å². The first kappa shape index (κ1) is 13.1. The smallest absolute Gasteiger partial charge is 0.272 e. The third-order valence-corrected chi connectivity index (χ3v) is 1.87. The Morgan fingerprint density at radius 1 is 1.29 bits per heavy atom. The van der Waals surface area contributed by atoms with E-state index in [0.29, 0.717) is 6.61 Å². The van der Waals surface area contributed by atoms with Crippen molar-refractivity contribution < 1.29 is 18.7 Å². The van der Waals surface area contributed by atoms with Gasteiger partial charge in [0.15, 0.2) is 0 Å². The number of amides is 2. The lowest BCUT2D eigenvalue weighted by Crippen LogP contribution is -2.43. The van der Waals surface area contributed by atoms with Crippen molar-refractivity contribution in [3.63, 3.8) is 0 Å². The van der Waals surface area contributed by atoms with Crippen LogP contribution in [0.15, 0.2) is 24.3 Å². The van der Waals surface area contributed by atoms with Gasteiger partial charge in [-0.2, -0.15) is 0 Å². The second kappa shape index (κ2) is 6.59. The van der Waals surface area contributed by atoms with Gasteiger partial charge in [0.05, 0.1) is 5.56 Å². The molecule has 1 rings (SSSR count). The maximum Gasteiger partial charge on any atom is 0.272 e. The lowest BCUT2D eigenvalue weighted by molar-refractivity contribution is -0.126. The van der Waals surface area contributed by atoms with Gasteiger partial charge in [-0.05, 0) is 19.1 Å². The minimum absolute atomic E-state index is 0.135. The van der Waals surface area contributed by atoms with Gasteiger partial charge in [0.1, 0.15) is 12.4 Å². The van der Waals surface area contributed by atoms with E-state index in [-0.39, 0.29) is 12.2 Å². The van der Waals surface area contributed by atoms with E-state index >= 15 is 0 Å². The van der Waals surface area contributed by atoms with Gasteiger partial charge in [-0.15, -0.1) is 0 Å². The van der Waals surface area contributed by atoms with Crippen LogP contribution in [0.2, 0.25) is 0 Å². The Morgan fingerprint density at radius 3 is 2.65 bits per heavy atom. The first-order valence-corrected chi connectivity index (χ1v) is 5.06. The largest absolute Gasteiger partial charge is 0.372 e. The quantitative estimate of drug-likeness (QED) is 0.758. The molecule has 0 unspecified atom stereocenters. The van der Waals surface area contributed by atoms with E-state index in [1.165, 1.54) is 18.2 Å². The molecule has 2 amide bonds. The number of ether oxygens (including phenoxy) is 1. The van der Waals surface area contributed by atoms with Gasteiger partial charge in [0, 0.05) is 6.61 Å². The van der Waals surface area contributed by atoms with Gasteiger partial charge in [-0.3, -0.25) is 20.4 Å². The van der Waals surface area contributed by atoms with E-state index in [9.17, 15) is 14.0 Å². The fraction of sp³-hybridized carbons (Fsp3) is 0.273. The van der Waals surface area contributed by atoms with Crippen molar-refractivity contribution in [2.24, 2.45) is 0 Å². The molecular weight excluding hydrogens is 227 g/mol. The zero-order valence-corrected chi connectivity index (χ0v) is 9.33. The van der Waals surface area contributed by atoms with E-state index in [1.54, 1.807) is 6.92 Å². The van der Waals surface area contributed by atoms with Gasteiger partial charge in [-0.25, -0.2) is 4.39 Å². The summed E-state index contributed by atoms with van der Waals surface area (Å²) >= 11 is 0. The Labute approximate surface area is 97.9 Å². The van der Waals surface area contributed by atoms with Crippen molar-refractivity contribution in [2.45, 2.75) is 6.92 Å². The van der Waals surface area contributed by atoms with Crippen LogP contribution in [0.3, 0.4) is 0 Å². The van der Waals surface area contributed by atoms with Gasteiger partial charge in [-0.1, -0.05) is 12.1 Å². The summed E-state index contributed by atoms with van der Waals surface area (Å²) in [5.74, 6) is -1.87. The molecule has 17 heavy (non-hydrogen) atoms. The van der Waals surface area contributed by atoms with Crippen LogP contribution in [-0.2, 0) is 9.53 Å². The fourth-order valence-electron chi connectivity index (χ4n) is 1.07. The first-order valence-electron chi connectivity index (χ1n) is 5.06. The summed E-state index contributed by atoms with van der Waals surface area (Å²) < 4.78 is 18.0. The van der Waals surface area contributed by atoms with Crippen LogP contribution in [0.25, 0.3) is 0 Å². The molecule has 0 saturated carbocycles. The van der Waals surface area contributed by atoms with E-state index in [1.807, 2.05) is 0 Å². The summed E-state index contributed by atoms with van der Waals surface area (Å²) in [5, 5.41) is 0. The number of rotatable bonds is 4. The third kappa shape index (κ3) is 4.20. The average Bonchev–Trinajstić information content (AvgIpc) is 2.34. The highest BCUT2D eigenvalue weighted by Gasteiger charge is 2.11. The van der Waals surface area contributed by atoms with Crippen LogP contribution in [0.5, 0.6) is 0 Å². The molecule has 0 fully saturated rings. The number of nitrogens with one attached hydrogen (secondary N) is 2. The number of hydrogen-bond donors (Lipinski definition) is 2. The Kier molecular flexibility index (Phi) is 5.09. The molecule has 0 bridgehead atoms. The highest BCUT2D eigenvalue weighted by atomic mass is 19.1. The van der Waals surface area contributed by atoms with Crippen LogP contribution in [0.1, 0.15) is 17.3 Å². The van der Waals surface area contributed by atoms with Crippen LogP contribution >= 0.6 is 0 Å². The highest BCUT2D eigenvalue weighted by Crippen LogP contribution is 2.04. The lowest BCUT2D eigenvalue weighted by atomic mass is 10.2. The van der Waals surface area contributed by atoms with Gasteiger partial charge < -0.3 is 4.74 Å². The zero-order chi connectivity index (χ0) is 12.7. The summed E-state index contributed by atoms with van der Waals surface area (Å²) in [6.45, 7) is 1.98. The number of hydrogen-bond acceptors (Lipinski definition) is 3. The van der Waals surface area contributed by atoms with Crippen LogP contribution in [-0.4, -0.2) is 25.0 Å². The summed E-state index contributed by atoms with van der Waals surface area (Å²) in [4.78, 5) is 22.5. The molecule has 5 nitrogen and oxygen atoms in total. The van der Waals surface area contributed by atoms with Gasteiger partial charge >= 0.3 is 0 Å². The summed E-state index contributed by atoms with van der Waals surface area (Å²) in [6, 6.07) is 5.48. The Balaban J connectivity index is 2.45. The average molecular weight is 240 g/mol. The number of carbonyl (C=O) groups excluding carboxylic acids is 2. The van der Waals surface area contributed by atoms with E-state index in [0.717, 1.165) is 6.07 Å². The topological polar surface area (TPSA) is 67.4 Å². The summed E-state index contributed by atoms with van der Waals surface area (Å²) in [5.41, 5.74) is 4.07. The highest BCUT2D eigenvalue weighted by molar-refractivity contribution is 5.95. The second-order valence-electron chi connectivity index (χ2n) is 3.12. The molecule has 0 aliphatic carbocycles. The maximum atomic E-state index is 13.2. The molecule has 0 aliphatic rings. The molecule has 0 aliphatic heterocycles. The molecule has 6 heteroatoms. The number of hydrazine groups is 1. The molecule has 1 aromatic carbocycles. The number of carbonyl (C=O) groups is 2. The third-order valence-electron chi connectivity index (χ3n) is 1.87. The van der Waals surface area contributed by atoms with Crippen molar-refractivity contribution in [3.05, 3.63) is 35.6 Å². The Bertz CT molecular complexity index is 409. The molecule has 0 spiro atoms.